The minimum atomic E-state index is -0.934. The van der Waals surface area contributed by atoms with E-state index in [1.165, 1.54) is 0 Å². The maximum atomic E-state index is 13.3. The highest BCUT2D eigenvalue weighted by molar-refractivity contribution is 5.44. The summed E-state index contributed by atoms with van der Waals surface area (Å²) in [6.07, 6.45) is 0.743. The Bertz CT molecular complexity index is 439. The summed E-state index contributed by atoms with van der Waals surface area (Å²) in [5.41, 5.74) is 4.85. The molecule has 1 saturated heterocycles. The average molecular weight is 256 g/mol. The molecule has 5 heteroatoms. The van der Waals surface area contributed by atoms with Gasteiger partial charge in [-0.1, -0.05) is 0 Å². The number of benzene rings is 1. The molecule has 1 aliphatic heterocycles. The van der Waals surface area contributed by atoms with Gasteiger partial charge in [-0.3, -0.25) is 0 Å². The van der Waals surface area contributed by atoms with E-state index in [4.69, 9.17) is 5.73 Å². The molecule has 100 valence electrons. The van der Waals surface area contributed by atoms with Crippen LogP contribution in [0.3, 0.4) is 0 Å². The Morgan fingerprint density at radius 1 is 1.39 bits per heavy atom. The van der Waals surface area contributed by atoms with Crippen LogP contribution in [0.4, 0.5) is 14.5 Å². The van der Waals surface area contributed by atoms with Crippen molar-refractivity contribution in [3.8, 4) is 0 Å². The predicted molar refractivity (Wildman–Crippen MR) is 66.0 cm³/mol. The average Bonchev–Trinajstić information content (AvgIpc) is 2.65. The Hall–Kier alpha value is -1.20. The first-order valence-electron chi connectivity index (χ1n) is 6.00. The number of halogens is 2. The van der Waals surface area contributed by atoms with Gasteiger partial charge in [0.2, 0.25) is 0 Å². The summed E-state index contributed by atoms with van der Waals surface area (Å²) in [5.74, 6) is -1.66. The van der Waals surface area contributed by atoms with Crippen molar-refractivity contribution in [1.82, 2.24) is 5.32 Å². The van der Waals surface area contributed by atoms with E-state index < -0.39 is 23.4 Å². The molecule has 1 aromatic carbocycles. The first-order chi connectivity index (χ1) is 8.30. The van der Waals surface area contributed by atoms with Gasteiger partial charge < -0.3 is 16.2 Å². The van der Waals surface area contributed by atoms with E-state index in [9.17, 15) is 13.9 Å². The largest absolute Gasteiger partial charge is 0.394 e. The molecule has 0 spiro atoms. The van der Waals surface area contributed by atoms with Crippen LogP contribution in [0.15, 0.2) is 12.1 Å². The first-order valence-corrected chi connectivity index (χ1v) is 6.00. The molecule has 0 radical (unpaired) electrons. The van der Waals surface area contributed by atoms with Crippen LogP contribution in [0, 0.1) is 11.6 Å². The summed E-state index contributed by atoms with van der Waals surface area (Å²) >= 11 is 0. The lowest BCUT2D eigenvalue weighted by Crippen LogP contribution is -2.40. The van der Waals surface area contributed by atoms with Gasteiger partial charge >= 0.3 is 0 Å². The van der Waals surface area contributed by atoms with Gasteiger partial charge in [-0.15, -0.1) is 0 Å². The molecule has 1 unspecified atom stereocenters. The second kappa shape index (κ2) is 4.48. The van der Waals surface area contributed by atoms with Gasteiger partial charge in [0.1, 0.15) is 17.3 Å². The van der Waals surface area contributed by atoms with E-state index in [0.29, 0.717) is 0 Å². The van der Waals surface area contributed by atoms with Crippen LogP contribution in [0.2, 0.25) is 0 Å². The van der Waals surface area contributed by atoms with E-state index in [-0.39, 0.29) is 17.1 Å². The molecular formula is C13H18F2N2O. The molecule has 1 aromatic rings. The topological polar surface area (TPSA) is 58.3 Å². The van der Waals surface area contributed by atoms with Crippen LogP contribution in [0.5, 0.6) is 0 Å². The molecule has 2 atom stereocenters. The highest BCUT2D eigenvalue weighted by Gasteiger charge is 2.34. The Balaban J connectivity index is 2.22. The second-order valence-corrected chi connectivity index (χ2v) is 5.52. The molecule has 1 heterocycles. The fraction of sp³-hybridized carbons (Fsp3) is 0.538. The SMILES string of the molecule is CC1(C)CCC([C@@H](O)c2cc(F)c(N)c(F)c2)N1. The van der Waals surface area contributed by atoms with Crippen LogP contribution < -0.4 is 11.1 Å². The maximum absolute atomic E-state index is 13.3. The van der Waals surface area contributed by atoms with E-state index in [1.54, 1.807) is 0 Å². The van der Waals surface area contributed by atoms with Gasteiger partial charge in [-0.25, -0.2) is 8.78 Å². The number of hydrogen-bond donors (Lipinski definition) is 3. The molecule has 0 aromatic heterocycles. The quantitative estimate of drug-likeness (QED) is 0.710. The zero-order valence-electron chi connectivity index (χ0n) is 10.5. The lowest BCUT2D eigenvalue weighted by Gasteiger charge is -2.24. The zero-order chi connectivity index (χ0) is 13.5. The van der Waals surface area contributed by atoms with Crippen molar-refractivity contribution >= 4 is 5.69 Å². The normalized spacial score (nSPS) is 24.2. The third-order valence-electron chi connectivity index (χ3n) is 3.48. The summed E-state index contributed by atoms with van der Waals surface area (Å²) in [5, 5.41) is 13.4. The molecule has 3 nitrogen and oxygen atoms in total. The van der Waals surface area contributed by atoms with E-state index in [1.807, 2.05) is 13.8 Å². The van der Waals surface area contributed by atoms with Crippen molar-refractivity contribution in [3.05, 3.63) is 29.3 Å². The number of aliphatic hydroxyl groups excluding tert-OH is 1. The highest BCUT2D eigenvalue weighted by Crippen LogP contribution is 2.31. The number of nitrogen functional groups attached to an aromatic ring is 1. The summed E-state index contributed by atoms with van der Waals surface area (Å²) in [6, 6.07) is 1.99. The minimum absolute atomic E-state index is 0.0590. The molecule has 1 fully saturated rings. The van der Waals surface area contributed by atoms with Crippen molar-refractivity contribution < 1.29 is 13.9 Å². The third kappa shape index (κ3) is 2.47. The minimum Gasteiger partial charge on any atom is -0.394 e. The van der Waals surface area contributed by atoms with Gasteiger partial charge in [0.25, 0.3) is 0 Å². The molecule has 0 amide bonds. The Morgan fingerprint density at radius 2 is 1.94 bits per heavy atom. The van der Waals surface area contributed by atoms with Crippen LogP contribution in [-0.4, -0.2) is 16.7 Å². The standard InChI is InChI=1S/C13H18F2N2O/c1-13(2)4-3-10(17-13)12(18)7-5-8(14)11(16)9(15)6-7/h5-6,10,12,17-18H,3-4,16H2,1-2H3/t10?,12-/m0/s1. The Kier molecular flexibility index (Phi) is 3.29. The molecule has 0 saturated carbocycles. The van der Waals surface area contributed by atoms with Crippen LogP contribution in [0.25, 0.3) is 0 Å². The summed E-state index contributed by atoms with van der Waals surface area (Å²) in [6.45, 7) is 4.06. The molecular weight excluding hydrogens is 238 g/mol. The lowest BCUT2D eigenvalue weighted by atomic mass is 9.99. The molecule has 1 aliphatic rings. The van der Waals surface area contributed by atoms with Gasteiger partial charge in [0.05, 0.1) is 6.10 Å². The molecule has 0 bridgehead atoms. The zero-order valence-corrected chi connectivity index (χ0v) is 10.5. The molecule has 4 N–H and O–H groups in total. The van der Waals surface area contributed by atoms with Gasteiger partial charge in [-0.2, -0.15) is 0 Å². The molecule has 0 aliphatic carbocycles. The number of rotatable bonds is 2. The Morgan fingerprint density at radius 3 is 2.39 bits per heavy atom. The van der Waals surface area contributed by atoms with Crippen LogP contribution in [0.1, 0.15) is 38.4 Å². The maximum Gasteiger partial charge on any atom is 0.149 e. The number of anilines is 1. The van der Waals surface area contributed by atoms with Crippen molar-refractivity contribution in [1.29, 1.82) is 0 Å². The van der Waals surface area contributed by atoms with Gasteiger partial charge in [0.15, 0.2) is 0 Å². The van der Waals surface area contributed by atoms with Crippen LogP contribution in [-0.2, 0) is 0 Å². The second-order valence-electron chi connectivity index (χ2n) is 5.52. The fourth-order valence-corrected chi connectivity index (χ4v) is 2.41. The lowest BCUT2D eigenvalue weighted by molar-refractivity contribution is 0.131. The number of hydrogen-bond acceptors (Lipinski definition) is 3. The number of nitrogens with one attached hydrogen (secondary N) is 1. The molecule has 2 rings (SSSR count). The van der Waals surface area contributed by atoms with Crippen molar-refractivity contribution in [2.75, 3.05) is 5.73 Å². The summed E-state index contributed by atoms with van der Waals surface area (Å²) in [7, 11) is 0. The van der Waals surface area contributed by atoms with E-state index in [2.05, 4.69) is 5.32 Å². The third-order valence-corrected chi connectivity index (χ3v) is 3.48. The van der Waals surface area contributed by atoms with Crippen molar-refractivity contribution in [3.63, 3.8) is 0 Å². The predicted octanol–water partition coefficient (Wildman–Crippen LogP) is 2.11. The monoisotopic (exact) mass is 256 g/mol. The van der Waals surface area contributed by atoms with Crippen molar-refractivity contribution in [2.45, 2.75) is 44.4 Å². The van der Waals surface area contributed by atoms with Crippen molar-refractivity contribution in [2.24, 2.45) is 0 Å². The number of aliphatic hydroxyl groups is 1. The highest BCUT2D eigenvalue weighted by atomic mass is 19.1. The van der Waals surface area contributed by atoms with Gasteiger partial charge in [-0.05, 0) is 44.4 Å². The Labute approximate surface area is 105 Å². The number of nitrogens with two attached hydrogens (primary N) is 1. The summed E-state index contributed by atoms with van der Waals surface area (Å²) in [4.78, 5) is 0. The summed E-state index contributed by atoms with van der Waals surface area (Å²) < 4.78 is 26.7. The fourth-order valence-electron chi connectivity index (χ4n) is 2.41. The van der Waals surface area contributed by atoms with E-state index >= 15 is 0 Å². The molecule has 18 heavy (non-hydrogen) atoms. The first kappa shape index (κ1) is 13.2. The van der Waals surface area contributed by atoms with Crippen LogP contribution >= 0.6 is 0 Å². The van der Waals surface area contributed by atoms with E-state index in [0.717, 1.165) is 25.0 Å². The van der Waals surface area contributed by atoms with Gasteiger partial charge in [0, 0.05) is 11.6 Å². The smallest absolute Gasteiger partial charge is 0.149 e.